The van der Waals surface area contributed by atoms with Gasteiger partial charge in [0.25, 0.3) is 0 Å². The van der Waals surface area contributed by atoms with Crippen LogP contribution in [0.25, 0.3) is 22.6 Å². The van der Waals surface area contributed by atoms with Crippen LogP contribution in [-0.4, -0.2) is 36.3 Å². The minimum atomic E-state index is 0.539. The predicted molar refractivity (Wildman–Crippen MR) is 98.9 cm³/mol. The van der Waals surface area contributed by atoms with Crippen molar-refractivity contribution in [3.05, 3.63) is 33.6 Å². The Morgan fingerprint density at radius 2 is 1.75 bits per heavy atom. The van der Waals surface area contributed by atoms with Gasteiger partial charge in [-0.15, -0.1) is 0 Å². The number of nitrogens with one attached hydrogen (secondary N) is 2. The molecule has 3 rings (SSSR count). The second-order valence-corrected chi connectivity index (χ2v) is 6.41. The molecule has 1 aromatic carbocycles. The van der Waals surface area contributed by atoms with E-state index in [1.165, 1.54) is 0 Å². The standard InChI is InChI=1S/C16H15Br2N3O3/c1-22-9-5-4-8(13(23-2)14(9)24-3)10-11(17)12(21-15(10)18)16-19-6-7-20-16/h4-7,21H,1-3H3,(H,19,20). The summed E-state index contributed by atoms with van der Waals surface area (Å²) in [6.45, 7) is 0. The lowest BCUT2D eigenvalue weighted by Crippen LogP contribution is -1.97. The van der Waals surface area contributed by atoms with E-state index in [0.29, 0.717) is 17.2 Å². The molecule has 0 fully saturated rings. The van der Waals surface area contributed by atoms with Crippen molar-refractivity contribution in [2.75, 3.05) is 21.3 Å². The summed E-state index contributed by atoms with van der Waals surface area (Å²) in [6.07, 6.45) is 3.47. The number of aromatic nitrogens is 3. The van der Waals surface area contributed by atoms with Gasteiger partial charge in [-0.3, -0.25) is 0 Å². The molecule has 8 heteroatoms. The Morgan fingerprint density at radius 1 is 1.00 bits per heavy atom. The van der Waals surface area contributed by atoms with Crippen LogP contribution < -0.4 is 14.2 Å². The van der Waals surface area contributed by atoms with Crippen molar-refractivity contribution in [1.82, 2.24) is 15.0 Å². The predicted octanol–water partition coefficient (Wildman–Crippen LogP) is 4.62. The highest BCUT2D eigenvalue weighted by Gasteiger charge is 2.24. The van der Waals surface area contributed by atoms with Gasteiger partial charge in [0.05, 0.1) is 36.1 Å². The van der Waals surface area contributed by atoms with Crippen molar-refractivity contribution in [1.29, 1.82) is 0 Å². The topological polar surface area (TPSA) is 72.2 Å². The van der Waals surface area contributed by atoms with Crippen molar-refractivity contribution in [3.8, 4) is 39.9 Å². The van der Waals surface area contributed by atoms with Crippen molar-refractivity contribution >= 4 is 31.9 Å². The molecule has 0 bridgehead atoms. The lowest BCUT2D eigenvalue weighted by Gasteiger charge is -2.15. The van der Waals surface area contributed by atoms with Crippen LogP contribution in [0.15, 0.2) is 33.6 Å². The van der Waals surface area contributed by atoms with E-state index in [1.54, 1.807) is 33.7 Å². The molecule has 2 N–H and O–H groups in total. The molecule has 2 aromatic heterocycles. The lowest BCUT2D eigenvalue weighted by atomic mass is 10.1. The van der Waals surface area contributed by atoms with Crippen molar-refractivity contribution < 1.29 is 14.2 Å². The van der Waals surface area contributed by atoms with Gasteiger partial charge in [0.15, 0.2) is 17.3 Å². The number of methoxy groups -OCH3 is 3. The van der Waals surface area contributed by atoms with Crippen LogP contribution in [0.3, 0.4) is 0 Å². The first-order chi connectivity index (χ1) is 11.6. The number of aromatic amines is 2. The Bertz CT molecular complexity index is 860. The third kappa shape index (κ3) is 2.69. The summed E-state index contributed by atoms with van der Waals surface area (Å²) in [5.74, 6) is 2.46. The molecule has 0 aliphatic rings. The molecular formula is C16H15Br2N3O3. The highest BCUT2D eigenvalue weighted by atomic mass is 79.9. The average molecular weight is 457 g/mol. The van der Waals surface area contributed by atoms with Gasteiger partial charge >= 0.3 is 0 Å². The van der Waals surface area contributed by atoms with Crippen LogP contribution in [0.4, 0.5) is 0 Å². The van der Waals surface area contributed by atoms with Crippen LogP contribution in [0.2, 0.25) is 0 Å². The highest BCUT2D eigenvalue weighted by molar-refractivity contribution is 9.11. The summed E-state index contributed by atoms with van der Waals surface area (Å²) in [5, 5.41) is 0. The minimum absolute atomic E-state index is 0.539. The summed E-state index contributed by atoms with van der Waals surface area (Å²) >= 11 is 7.24. The zero-order valence-electron chi connectivity index (χ0n) is 13.2. The summed E-state index contributed by atoms with van der Waals surface area (Å²) in [7, 11) is 4.77. The molecule has 0 saturated heterocycles. The number of ether oxygens (including phenoxy) is 3. The molecule has 0 unspecified atom stereocenters. The normalized spacial score (nSPS) is 10.7. The summed E-state index contributed by atoms with van der Waals surface area (Å²) in [6, 6.07) is 3.76. The maximum Gasteiger partial charge on any atom is 0.203 e. The number of imidazole rings is 1. The van der Waals surface area contributed by atoms with Crippen LogP contribution in [-0.2, 0) is 0 Å². The van der Waals surface area contributed by atoms with E-state index in [-0.39, 0.29) is 0 Å². The van der Waals surface area contributed by atoms with E-state index >= 15 is 0 Å². The second kappa shape index (κ2) is 6.90. The van der Waals surface area contributed by atoms with Gasteiger partial charge < -0.3 is 24.2 Å². The van der Waals surface area contributed by atoms with E-state index in [9.17, 15) is 0 Å². The summed E-state index contributed by atoms with van der Waals surface area (Å²) in [5.41, 5.74) is 2.58. The van der Waals surface area contributed by atoms with Crippen molar-refractivity contribution in [2.45, 2.75) is 0 Å². The molecule has 0 spiro atoms. The Morgan fingerprint density at radius 3 is 2.33 bits per heavy atom. The van der Waals surface area contributed by atoms with Crippen molar-refractivity contribution in [2.24, 2.45) is 0 Å². The lowest BCUT2D eigenvalue weighted by molar-refractivity contribution is 0.325. The monoisotopic (exact) mass is 455 g/mol. The number of benzene rings is 1. The first kappa shape index (κ1) is 16.9. The Labute approximate surface area is 155 Å². The molecule has 2 heterocycles. The number of hydrogen-bond donors (Lipinski definition) is 2. The van der Waals surface area contributed by atoms with Crippen LogP contribution in [0.5, 0.6) is 17.2 Å². The first-order valence-electron chi connectivity index (χ1n) is 6.98. The SMILES string of the molecule is COc1ccc(-c2c(Br)[nH]c(-c3ncc[nH]3)c2Br)c(OC)c1OC. The molecule has 3 aromatic rings. The zero-order valence-corrected chi connectivity index (χ0v) is 16.4. The number of rotatable bonds is 5. The third-order valence-corrected chi connectivity index (χ3v) is 4.99. The fourth-order valence-electron chi connectivity index (χ4n) is 2.55. The minimum Gasteiger partial charge on any atom is -0.493 e. The Kier molecular flexibility index (Phi) is 4.86. The van der Waals surface area contributed by atoms with Gasteiger partial charge in [0, 0.05) is 23.5 Å². The molecule has 0 saturated carbocycles. The number of nitrogens with zero attached hydrogens (tertiary/aromatic N) is 1. The quantitative estimate of drug-likeness (QED) is 0.587. The zero-order chi connectivity index (χ0) is 17.3. The van der Waals surface area contributed by atoms with E-state index < -0.39 is 0 Å². The molecular weight excluding hydrogens is 442 g/mol. The Balaban J connectivity index is 2.23. The maximum atomic E-state index is 5.59. The van der Waals surface area contributed by atoms with Gasteiger partial charge in [-0.05, 0) is 44.0 Å². The molecule has 0 atom stereocenters. The van der Waals surface area contributed by atoms with Crippen LogP contribution >= 0.6 is 31.9 Å². The number of halogens is 2. The second-order valence-electron chi connectivity index (χ2n) is 4.82. The van der Waals surface area contributed by atoms with Crippen LogP contribution in [0.1, 0.15) is 0 Å². The van der Waals surface area contributed by atoms with Gasteiger partial charge in [-0.2, -0.15) is 0 Å². The summed E-state index contributed by atoms with van der Waals surface area (Å²) < 4.78 is 18.1. The highest BCUT2D eigenvalue weighted by Crippen LogP contribution is 2.49. The number of hydrogen-bond acceptors (Lipinski definition) is 4. The smallest absolute Gasteiger partial charge is 0.203 e. The molecule has 0 aliphatic carbocycles. The van der Waals surface area contributed by atoms with Gasteiger partial charge in [0.2, 0.25) is 5.75 Å². The van der Waals surface area contributed by atoms with E-state index in [2.05, 4.69) is 46.8 Å². The molecule has 24 heavy (non-hydrogen) atoms. The van der Waals surface area contributed by atoms with Crippen LogP contribution in [0, 0.1) is 0 Å². The molecule has 0 aliphatic heterocycles. The molecule has 126 valence electrons. The molecule has 0 amide bonds. The van der Waals surface area contributed by atoms with Gasteiger partial charge in [-0.25, -0.2) is 4.98 Å². The fourth-order valence-corrected chi connectivity index (χ4v) is 4.12. The molecule has 0 radical (unpaired) electrons. The van der Waals surface area contributed by atoms with Crippen molar-refractivity contribution in [3.63, 3.8) is 0 Å². The number of H-pyrrole nitrogens is 2. The van der Waals surface area contributed by atoms with E-state index in [0.717, 1.165) is 31.7 Å². The maximum absolute atomic E-state index is 5.59. The largest absolute Gasteiger partial charge is 0.493 e. The third-order valence-electron chi connectivity index (χ3n) is 3.60. The van der Waals surface area contributed by atoms with E-state index in [1.807, 2.05) is 12.1 Å². The average Bonchev–Trinajstić information content (AvgIpc) is 3.21. The fraction of sp³-hybridized carbons (Fsp3) is 0.188. The van der Waals surface area contributed by atoms with Gasteiger partial charge in [-0.1, -0.05) is 0 Å². The van der Waals surface area contributed by atoms with E-state index in [4.69, 9.17) is 14.2 Å². The molecule has 6 nitrogen and oxygen atoms in total. The summed E-state index contributed by atoms with van der Waals surface area (Å²) in [4.78, 5) is 10.7. The first-order valence-corrected chi connectivity index (χ1v) is 8.57. The Hall–Kier alpha value is -1.93. The van der Waals surface area contributed by atoms with Gasteiger partial charge in [0.1, 0.15) is 0 Å².